The molecular weight excluding hydrogens is 1110 g/mol. The van der Waals surface area contributed by atoms with E-state index < -0.39 is 14.3 Å². The molecule has 0 aliphatic carbocycles. The van der Waals surface area contributed by atoms with Crippen LogP contribution < -0.4 is 31.8 Å². The number of aromatic nitrogens is 4. The molecule has 0 bridgehead atoms. The molecule has 4 aromatic heterocycles. The third-order valence-corrected chi connectivity index (χ3v) is 23.5. The van der Waals surface area contributed by atoms with Crippen LogP contribution in [0, 0.1) is 0 Å². The van der Waals surface area contributed by atoms with Gasteiger partial charge in [-0.1, -0.05) is 279 Å². The zero-order chi connectivity index (χ0) is 58.8. The minimum Gasteiger partial charge on any atom is -0.309 e. The molecule has 0 N–H and O–H groups in total. The first-order valence-corrected chi connectivity index (χ1v) is 33.0. The van der Waals surface area contributed by atoms with E-state index >= 15 is 0 Å². The van der Waals surface area contributed by atoms with Gasteiger partial charge in [-0.3, -0.25) is 8.80 Å². The third-order valence-electron chi connectivity index (χ3n) is 17.3. The van der Waals surface area contributed by atoms with Crippen molar-refractivity contribution in [2.24, 2.45) is 0 Å². The maximum absolute atomic E-state index is 14.8. The van der Waals surface area contributed by atoms with E-state index in [-0.39, 0.29) is 0 Å². The van der Waals surface area contributed by atoms with Gasteiger partial charge in [0.1, 0.15) is 11.3 Å². The van der Waals surface area contributed by atoms with Crippen LogP contribution in [0.1, 0.15) is 0 Å². The summed E-state index contributed by atoms with van der Waals surface area (Å²) >= 11 is 0. The number of nitrogens with zero attached hydrogens (tertiary/aromatic N) is 4. The highest BCUT2D eigenvalue weighted by atomic mass is 31.2. The minimum absolute atomic E-state index is 0.830. The van der Waals surface area contributed by atoms with Gasteiger partial charge in [0, 0.05) is 53.4 Å². The number of pyridine rings is 2. The second-order valence-electron chi connectivity index (χ2n) is 22.3. The van der Waals surface area contributed by atoms with Crippen LogP contribution in [0.3, 0.4) is 0 Å². The summed E-state index contributed by atoms with van der Waals surface area (Å²) in [5.41, 5.74) is 15.2. The van der Waals surface area contributed by atoms with Gasteiger partial charge in [0.25, 0.3) is 0 Å². The number of imidazole rings is 2. The third kappa shape index (κ3) is 8.79. The fourth-order valence-electron chi connectivity index (χ4n) is 13.0. The van der Waals surface area contributed by atoms with Crippen molar-refractivity contribution in [1.29, 1.82) is 0 Å². The van der Waals surface area contributed by atoms with Gasteiger partial charge in [0.15, 0.2) is 14.3 Å². The van der Waals surface area contributed by atoms with Crippen LogP contribution >= 0.6 is 14.3 Å². The topological polar surface area (TPSA) is 68.7 Å². The van der Waals surface area contributed by atoms with Crippen molar-refractivity contribution in [3.05, 3.63) is 328 Å². The molecule has 416 valence electrons. The van der Waals surface area contributed by atoms with Crippen molar-refractivity contribution in [1.82, 2.24) is 18.8 Å². The molecule has 88 heavy (non-hydrogen) atoms. The molecule has 0 saturated carbocycles. The van der Waals surface area contributed by atoms with E-state index in [0.717, 1.165) is 115 Å². The Morgan fingerprint density at radius 3 is 0.830 bits per heavy atom. The zero-order valence-corrected chi connectivity index (χ0v) is 49.5. The van der Waals surface area contributed by atoms with Crippen molar-refractivity contribution >= 4 is 123 Å². The number of hydrogen-bond donors (Lipinski definition) is 0. The summed E-state index contributed by atoms with van der Waals surface area (Å²) in [5, 5.41) is 12.1. The lowest BCUT2D eigenvalue weighted by molar-refractivity contribution is 0.591. The predicted molar refractivity (Wildman–Crippen MR) is 371 cm³/mol. The number of hydrogen-bond acceptors (Lipinski definition) is 4. The van der Waals surface area contributed by atoms with Crippen molar-refractivity contribution in [2.45, 2.75) is 0 Å². The van der Waals surface area contributed by atoms with Crippen molar-refractivity contribution < 1.29 is 9.13 Å². The average molecular weight is 1170 g/mol. The Hall–Kier alpha value is -10.7. The lowest BCUT2D eigenvalue weighted by Crippen LogP contribution is -2.24. The van der Waals surface area contributed by atoms with E-state index in [9.17, 15) is 9.13 Å². The molecule has 0 aliphatic heterocycles. The standard InChI is InChI=1S/C43H29N2OP.C37H25N2OP/c46-47(34-11-3-1-4-12-34,35-13-5-2-6-14-35)36-26-23-31(24-27-36)30-19-21-32(22-20-30)33-25-28-41-39(29-33)37-15-7-8-16-38(37)43-44-40-17-9-10-18-42(40)45(41)43;40-41(28-11-3-1-4-12-28,29-13-5-2-6-14-29)30-22-19-26(20-23-30)27-21-24-35-33(25-27)31-15-7-8-16-32(31)37-38-34-17-9-10-18-36(34)39(35)37/h1-29H;1-25H. The Morgan fingerprint density at radius 2 is 0.477 bits per heavy atom. The van der Waals surface area contributed by atoms with Crippen LogP contribution in [-0.4, -0.2) is 18.8 Å². The van der Waals surface area contributed by atoms with Gasteiger partial charge in [0.05, 0.1) is 33.1 Å². The molecule has 0 atom stereocenters. The van der Waals surface area contributed by atoms with Gasteiger partial charge in [-0.2, -0.15) is 0 Å². The molecule has 6 nitrogen and oxygen atoms in total. The van der Waals surface area contributed by atoms with Crippen LogP contribution in [0.5, 0.6) is 0 Å². The van der Waals surface area contributed by atoms with E-state index in [1.807, 2.05) is 158 Å². The van der Waals surface area contributed by atoms with E-state index in [4.69, 9.17) is 9.97 Å². The largest absolute Gasteiger partial charge is 0.309 e. The van der Waals surface area contributed by atoms with Gasteiger partial charge in [0.2, 0.25) is 0 Å². The summed E-state index contributed by atoms with van der Waals surface area (Å²) in [4.78, 5) is 10.0. The number of fused-ring (bicyclic) bond motifs is 16. The normalized spacial score (nSPS) is 12.0. The fourth-order valence-corrected chi connectivity index (χ4v) is 18.3. The first-order chi connectivity index (χ1) is 43.4. The number of rotatable bonds is 9. The summed E-state index contributed by atoms with van der Waals surface area (Å²) in [7, 11) is -6.02. The van der Waals surface area contributed by atoms with Gasteiger partial charge >= 0.3 is 0 Å². The molecule has 17 aromatic rings. The number of para-hydroxylation sites is 4. The highest BCUT2D eigenvalue weighted by molar-refractivity contribution is 7.85. The Bertz CT molecular complexity index is 5510. The Labute approximate surface area is 508 Å². The molecule has 0 amide bonds. The molecule has 17 rings (SSSR count). The van der Waals surface area contributed by atoms with Crippen molar-refractivity contribution in [3.8, 4) is 33.4 Å². The Balaban J connectivity index is 0.000000143. The Morgan fingerprint density at radius 1 is 0.216 bits per heavy atom. The highest BCUT2D eigenvalue weighted by Crippen LogP contribution is 2.45. The van der Waals surface area contributed by atoms with Crippen LogP contribution in [0.25, 0.3) is 110 Å². The van der Waals surface area contributed by atoms with Gasteiger partial charge in [-0.05, 0) is 92.7 Å². The van der Waals surface area contributed by atoms with Crippen LogP contribution in [0.15, 0.2) is 328 Å². The summed E-state index contributed by atoms with van der Waals surface area (Å²) in [6.45, 7) is 0. The van der Waals surface area contributed by atoms with E-state index in [0.29, 0.717) is 0 Å². The van der Waals surface area contributed by atoms with E-state index in [1.165, 1.54) is 27.1 Å². The quantitative estimate of drug-likeness (QED) is 0.107. The van der Waals surface area contributed by atoms with Crippen molar-refractivity contribution in [3.63, 3.8) is 0 Å². The molecule has 0 saturated heterocycles. The molecular formula is C80H54N4O2P2. The van der Waals surface area contributed by atoms with Crippen LogP contribution in [0.4, 0.5) is 0 Å². The van der Waals surface area contributed by atoms with Crippen LogP contribution in [-0.2, 0) is 9.13 Å². The first-order valence-electron chi connectivity index (χ1n) is 29.6. The molecule has 4 heterocycles. The lowest BCUT2D eigenvalue weighted by Gasteiger charge is -2.20. The zero-order valence-electron chi connectivity index (χ0n) is 47.7. The molecule has 8 heteroatoms. The molecule has 0 unspecified atom stereocenters. The predicted octanol–water partition coefficient (Wildman–Crippen LogP) is 17.9. The first kappa shape index (κ1) is 52.8. The molecule has 0 spiro atoms. The average Bonchev–Trinajstić information content (AvgIpc) is 1.60. The lowest BCUT2D eigenvalue weighted by atomic mass is 9.97. The second kappa shape index (κ2) is 21.6. The molecule has 13 aromatic carbocycles. The van der Waals surface area contributed by atoms with Crippen LogP contribution in [0.2, 0.25) is 0 Å². The van der Waals surface area contributed by atoms with E-state index in [1.54, 1.807) is 0 Å². The van der Waals surface area contributed by atoms with Crippen molar-refractivity contribution in [2.75, 3.05) is 0 Å². The highest BCUT2D eigenvalue weighted by Gasteiger charge is 2.31. The second-order valence-corrected chi connectivity index (χ2v) is 27.8. The summed E-state index contributed by atoms with van der Waals surface area (Å²) in [5.74, 6) is 0. The monoisotopic (exact) mass is 1160 g/mol. The molecule has 0 radical (unpaired) electrons. The SMILES string of the molecule is O=P(c1ccccc1)(c1ccccc1)c1ccc(-c2ccc(-c3ccc4c(c3)c3ccccc3c3nc5ccccc5n43)cc2)cc1.O=P(c1ccccc1)(c1ccccc1)c1ccc(-c2ccc3c(c2)c2ccccc2c2nc4ccccc4n32)cc1. The summed E-state index contributed by atoms with van der Waals surface area (Å²) in [6, 6.07) is 112. The van der Waals surface area contributed by atoms with Gasteiger partial charge in [-0.25, -0.2) is 9.97 Å². The van der Waals surface area contributed by atoms with E-state index in [2.05, 4.69) is 179 Å². The number of benzene rings is 13. The minimum atomic E-state index is -3.01. The fraction of sp³-hybridized carbons (Fsp3) is 0. The molecule has 0 aliphatic rings. The molecule has 0 fully saturated rings. The maximum Gasteiger partial charge on any atom is 0.171 e. The van der Waals surface area contributed by atoms with Gasteiger partial charge < -0.3 is 9.13 Å². The van der Waals surface area contributed by atoms with Gasteiger partial charge in [-0.15, -0.1) is 0 Å². The smallest absolute Gasteiger partial charge is 0.171 e. The Kier molecular flexibility index (Phi) is 13.0. The summed E-state index contributed by atoms with van der Waals surface area (Å²) < 4.78 is 34.1. The maximum atomic E-state index is 14.8. The summed E-state index contributed by atoms with van der Waals surface area (Å²) in [6.07, 6.45) is 0.